The Morgan fingerprint density at radius 3 is 2.52 bits per heavy atom. The summed E-state index contributed by atoms with van der Waals surface area (Å²) < 4.78 is 3.83. The van der Waals surface area contributed by atoms with E-state index in [1.54, 1.807) is 10.3 Å². The van der Waals surface area contributed by atoms with Gasteiger partial charge in [0.1, 0.15) is 0 Å². The molecule has 152 valence electrons. The average Bonchev–Trinajstić information content (AvgIpc) is 3.33. The lowest BCUT2D eigenvalue weighted by Crippen LogP contribution is -2.49. The third-order valence-electron chi connectivity index (χ3n) is 4.24. The highest BCUT2D eigenvalue weighted by atomic mass is 32.1. The summed E-state index contributed by atoms with van der Waals surface area (Å²) >= 11 is 2.55. The lowest BCUT2D eigenvalue weighted by Gasteiger charge is -2.33. The molecule has 0 aliphatic heterocycles. The van der Waals surface area contributed by atoms with Crippen LogP contribution < -0.4 is 10.2 Å². The molecule has 0 fully saturated rings. The van der Waals surface area contributed by atoms with E-state index < -0.39 is 11.6 Å². The summed E-state index contributed by atoms with van der Waals surface area (Å²) in [6.45, 7) is 9.66. The molecule has 1 N–H and O–H groups in total. The van der Waals surface area contributed by atoms with Crippen molar-refractivity contribution < 1.29 is 9.59 Å². The molecule has 2 amide bonds. The van der Waals surface area contributed by atoms with E-state index in [-0.39, 0.29) is 17.5 Å². The van der Waals surface area contributed by atoms with Crippen molar-refractivity contribution in [3.63, 3.8) is 0 Å². The van der Waals surface area contributed by atoms with Gasteiger partial charge in [-0.2, -0.15) is 0 Å². The van der Waals surface area contributed by atoms with Gasteiger partial charge in [0, 0.05) is 21.5 Å². The normalized spacial score (nSPS) is 12.4. The van der Waals surface area contributed by atoms with Crippen LogP contribution in [0.3, 0.4) is 0 Å². The molecule has 0 aliphatic rings. The second kappa shape index (κ2) is 8.42. The Hall–Kier alpha value is -2.58. The minimum Gasteiger partial charge on any atom is -0.349 e. The Morgan fingerprint density at radius 1 is 1.17 bits per heavy atom. The van der Waals surface area contributed by atoms with Crippen LogP contribution in [0.1, 0.15) is 53.3 Å². The highest BCUT2D eigenvalue weighted by Crippen LogP contribution is 2.34. The molecule has 0 saturated carbocycles. The summed E-state index contributed by atoms with van der Waals surface area (Å²) in [5.74, 6) is -0.590. The van der Waals surface area contributed by atoms with Crippen molar-refractivity contribution in [3.05, 3.63) is 62.8 Å². The number of nitrogens with zero attached hydrogens (tertiary/aromatic N) is 3. The summed E-state index contributed by atoms with van der Waals surface area (Å²) in [7, 11) is 0. The number of amides is 2. The molecular formula is C21H24N4O2S2. The Balaban J connectivity index is 2.19. The predicted molar refractivity (Wildman–Crippen MR) is 118 cm³/mol. The summed E-state index contributed by atoms with van der Waals surface area (Å²) in [5.41, 5.74) is 2.37. The zero-order valence-electron chi connectivity index (χ0n) is 17.1. The van der Waals surface area contributed by atoms with Crippen LogP contribution in [0.4, 0.5) is 5.69 Å². The fourth-order valence-corrected chi connectivity index (χ4v) is 4.23. The zero-order valence-corrected chi connectivity index (χ0v) is 18.7. The number of aryl methyl sites for hydroxylation is 2. The number of hydrogen-bond donors (Lipinski definition) is 1. The maximum Gasteiger partial charge on any atom is 0.280 e. The molecular weight excluding hydrogens is 404 g/mol. The summed E-state index contributed by atoms with van der Waals surface area (Å²) in [5, 5.41) is 10.5. The molecule has 0 spiro atoms. The zero-order chi connectivity index (χ0) is 21.2. The van der Waals surface area contributed by atoms with E-state index in [4.69, 9.17) is 0 Å². The number of aromatic nitrogens is 2. The van der Waals surface area contributed by atoms with E-state index in [9.17, 15) is 9.59 Å². The van der Waals surface area contributed by atoms with Gasteiger partial charge < -0.3 is 5.32 Å². The Morgan fingerprint density at radius 2 is 1.93 bits per heavy atom. The van der Waals surface area contributed by atoms with Gasteiger partial charge in [-0.05, 0) is 74.8 Å². The predicted octanol–water partition coefficient (Wildman–Crippen LogP) is 4.52. The topological polar surface area (TPSA) is 75.2 Å². The van der Waals surface area contributed by atoms with Gasteiger partial charge in [0.15, 0.2) is 11.7 Å². The number of thiophene rings is 1. The first-order valence-electron chi connectivity index (χ1n) is 9.20. The van der Waals surface area contributed by atoms with Crippen molar-refractivity contribution in [2.75, 3.05) is 4.90 Å². The van der Waals surface area contributed by atoms with Crippen molar-refractivity contribution in [2.24, 2.45) is 0 Å². The van der Waals surface area contributed by atoms with Crippen molar-refractivity contribution in [2.45, 2.75) is 46.2 Å². The molecule has 3 aromatic rings. The van der Waals surface area contributed by atoms with Gasteiger partial charge in [0.2, 0.25) is 5.91 Å². The van der Waals surface area contributed by atoms with E-state index in [0.29, 0.717) is 5.69 Å². The third kappa shape index (κ3) is 4.89. The molecule has 0 unspecified atom stereocenters. The maximum absolute atomic E-state index is 13.5. The molecule has 2 heterocycles. The standard InChI is InChI=1S/C21H24N4O2S2/c1-13-8-9-14(2)16(11-13)25(20(27)15-12-29-24-23-15)18(17-7-6-10-28-17)19(26)22-21(3,4)5/h6-12,18H,1-5H3,(H,22,26)/t18-/m1/s1. The third-order valence-corrected chi connectivity index (χ3v) is 5.67. The fourth-order valence-electron chi connectivity index (χ4n) is 2.98. The summed E-state index contributed by atoms with van der Waals surface area (Å²) in [4.78, 5) is 29.3. The summed E-state index contributed by atoms with van der Waals surface area (Å²) in [6.07, 6.45) is 0. The molecule has 6 nitrogen and oxygen atoms in total. The molecule has 2 aromatic heterocycles. The van der Waals surface area contributed by atoms with E-state index in [2.05, 4.69) is 14.9 Å². The van der Waals surface area contributed by atoms with Crippen LogP contribution in [0, 0.1) is 13.8 Å². The maximum atomic E-state index is 13.5. The average molecular weight is 429 g/mol. The lowest BCUT2D eigenvalue weighted by molar-refractivity contribution is -0.123. The molecule has 0 bridgehead atoms. The second-order valence-corrected chi connectivity index (χ2v) is 9.50. The molecule has 29 heavy (non-hydrogen) atoms. The lowest BCUT2D eigenvalue weighted by atomic mass is 10.0. The number of carbonyl (C=O) groups excluding carboxylic acids is 2. The minimum absolute atomic E-state index is 0.223. The Kier molecular flexibility index (Phi) is 6.14. The first-order valence-corrected chi connectivity index (χ1v) is 10.9. The van der Waals surface area contributed by atoms with Crippen molar-refractivity contribution >= 4 is 40.4 Å². The van der Waals surface area contributed by atoms with Gasteiger partial charge in [0.25, 0.3) is 5.91 Å². The Bertz CT molecular complexity index is 992. The van der Waals surface area contributed by atoms with Gasteiger partial charge in [-0.15, -0.1) is 16.4 Å². The molecule has 0 saturated heterocycles. The SMILES string of the molecule is Cc1ccc(C)c(N(C(=O)c2csnn2)[C@@H](C(=O)NC(C)(C)C)c2cccs2)c1. The van der Waals surface area contributed by atoms with Crippen LogP contribution >= 0.6 is 22.9 Å². The van der Waals surface area contributed by atoms with E-state index >= 15 is 0 Å². The van der Waals surface area contributed by atoms with Crippen molar-refractivity contribution in [1.82, 2.24) is 14.9 Å². The number of hydrogen-bond acceptors (Lipinski definition) is 6. The van der Waals surface area contributed by atoms with Crippen LogP contribution in [0.15, 0.2) is 41.1 Å². The van der Waals surface area contributed by atoms with Crippen LogP contribution in [0.25, 0.3) is 0 Å². The van der Waals surface area contributed by atoms with Gasteiger partial charge in [-0.25, -0.2) is 0 Å². The van der Waals surface area contributed by atoms with Gasteiger partial charge >= 0.3 is 0 Å². The van der Waals surface area contributed by atoms with Crippen LogP contribution in [0.5, 0.6) is 0 Å². The molecule has 1 atom stereocenters. The largest absolute Gasteiger partial charge is 0.349 e. The van der Waals surface area contributed by atoms with E-state index in [1.165, 1.54) is 11.3 Å². The second-order valence-electron chi connectivity index (χ2n) is 7.91. The molecule has 0 radical (unpaired) electrons. The highest BCUT2D eigenvalue weighted by Gasteiger charge is 2.37. The number of anilines is 1. The number of nitrogens with one attached hydrogen (secondary N) is 1. The monoisotopic (exact) mass is 428 g/mol. The van der Waals surface area contributed by atoms with E-state index in [1.807, 2.05) is 70.3 Å². The minimum atomic E-state index is -0.816. The molecule has 1 aromatic carbocycles. The van der Waals surface area contributed by atoms with Crippen LogP contribution in [0.2, 0.25) is 0 Å². The number of rotatable bonds is 5. The van der Waals surface area contributed by atoms with Crippen molar-refractivity contribution in [3.8, 4) is 0 Å². The molecule has 0 aliphatic carbocycles. The van der Waals surface area contributed by atoms with Gasteiger partial charge in [0.05, 0.1) is 0 Å². The number of carbonyl (C=O) groups is 2. The fraction of sp³-hybridized carbons (Fsp3) is 0.333. The van der Waals surface area contributed by atoms with Crippen molar-refractivity contribution in [1.29, 1.82) is 0 Å². The molecule has 3 rings (SSSR count). The highest BCUT2D eigenvalue weighted by molar-refractivity contribution is 7.10. The number of benzene rings is 1. The smallest absolute Gasteiger partial charge is 0.280 e. The first-order chi connectivity index (χ1) is 13.7. The van der Waals surface area contributed by atoms with Gasteiger partial charge in [-0.1, -0.05) is 22.7 Å². The summed E-state index contributed by atoms with van der Waals surface area (Å²) in [6, 6.07) is 8.82. The van der Waals surface area contributed by atoms with Gasteiger partial charge in [-0.3, -0.25) is 14.5 Å². The quantitative estimate of drug-likeness (QED) is 0.648. The van der Waals surface area contributed by atoms with E-state index in [0.717, 1.165) is 27.5 Å². The molecule has 8 heteroatoms. The van der Waals surface area contributed by atoms with Crippen LogP contribution in [-0.4, -0.2) is 26.9 Å². The first kappa shape index (κ1) is 21.1. The Labute approximate surface area is 178 Å². The van der Waals surface area contributed by atoms with Crippen LogP contribution in [-0.2, 0) is 4.79 Å².